The number of benzene rings is 2. The van der Waals surface area contributed by atoms with Gasteiger partial charge in [-0.2, -0.15) is 4.57 Å². The highest BCUT2D eigenvalue weighted by Crippen LogP contribution is 2.23. The molecule has 3 aromatic rings. The molecule has 1 aromatic heterocycles. The molecule has 10 nitrogen and oxygen atoms in total. The highest BCUT2D eigenvalue weighted by Gasteiger charge is 2.21. The molecule has 0 fully saturated rings. The van der Waals surface area contributed by atoms with Crippen molar-refractivity contribution in [2.75, 3.05) is 5.32 Å². The Bertz CT molecular complexity index is 1290. The number of halogens is 2. The van der Waals surface area contributed by atoms with Crippen LogP contribution in [0.2, 0.25) is 0 Å². The van der Waals surface area contributed by atoms with Crippen LogP contribution in [-0.4, -0.2) is 14.3 Å². The van der Waals surface area contributed by atoms with Gasteiger partial charge in [0.1, 0.15) is 0 Å². The lowest BCUT2D eigenvalue weighted by atomic mass is 10.0. The Hall–Kier alpha value is -2.17. The van der Waals surface area contributed by atoms with E-state index in [4.69, 9.17) is 23.8 Å². The van der Waals surface area contributed by atoms with Crippen LogP contribution in [0.1, 0.15) is 25.2 Å². The summed E-state index contributed by atoms with van der Waals surface area (Å²) < 4.78 is 59.7. The minimum Gasteiger partial charge on any atom is -0.320 e. The number of carbonyl (C=O) groups is 1. The van der Waals surface area contributed by atoms with E-state index in [0.29, 0.717) is 9.26 Å². The van der Waals surface area contributed by atoms with E-state index in [1.54, 1.807) is 6.07 Å². The maximum absolute atomic E-state index is 12.8. The van der Waals surface area contributed by atoms with Crippen molar-refractivity contribution < 1.29 is 46.7 Å². The second-order valence-corrected chi connectivity index (χ2v) is 11.0. The number of sulfonamides is 1. The Kier molecular flexibility index (Phi) is 10.7. The molecule has 13 heteroatoms. The first-order chi connectivity index (χ1) is 16.7. The number of nitrogens with one attached hydrogen (secondary N) is 1. The smallest absolute Gasteiger partial charge is 0.290 e. The summed E-state index contributed by atoms with van der Waals surface area (Å²) in [5, 5.41) is 8.06. The van der Waals surface area contributed by atoms with Gasteiger partial charge in [0.15, 0.2) is 11.4 Å². The molecular formula is C23H25ClIN3O7S. The summed E-state index contributed by atoms with van der Waals surface area (Å²) >= 11 is 1.99. The molecule has 36 heavy (non-hydrogen) atoms. The maximum atomic E-state index is 12.8. The van der Waals surface area contributed by atoms with Gasteiger partial charge in [-0.05, 0) is 51.9 Å². The predicted octanol–water partition coefficient (Wildman–Crippen LogP) is -1.10. The number of primary sulfonamides is 1. The van der Waals surface area contributed by atoms with Crippen LogP contribution in [0.4, 0.5) is 5.69 Å². The van der Waals surface area contributed by atoms with E-state index >= 15 is 0 Å². The fraction of sp³-hybridized carbons (Fsp3) is 0.217. The predicted molar refractivity (Wildman–Crippen MR) is 130 cm³/mol. The van der Waals surface area contributed by atoms with Gasteiger partial charge >= 0.3 is 0 Å². The zero-order valence-corrected chi connectivity index (χ0v) is 23.2. The van der Waals surface area contributed by atoms with E-state index in [9.17, 15) is 13.2 Å². The molecule has 0 saturated heterocycles. The lowest BCUT2D eigenvalue weighted by molar-refractivity contribution is -2.00. The fourth-order valence-corrected chi connectivity index (χ4v) is 4.84. The lowest BCUT2D eigenvalue weighted by Crippen LogP contribution is -2.68. The van der Waals surface area contributed by atoms with Crippen molar-refractivity contribution >= 4 is 44.2 Å². The summed E-state index contributed by atoms with van der Waals surface area (Å²) in [6.07, 6.45) is 1.59. The zero-order chi connectivity index (χ0) is 27.1. The van der Waals surface area contributed by atoms with Crippen LogP contribution in [0.15, 0.2) is 65.6 Å². The summed E-state index contributed by atoms with van der Waals surface area (Å²) in [7, 11) is -8.73. The molecule has 0 aliphatic rings. The maximum Gasteiger partial charge on any atom is 0.290 e. The monoisotopic (exact) mass is 649 g/mol. The highest BCUT2D eigenvalue weighted by atomic mass is 127. The highest BCUT2D eigenvalue weighted by molar-refractivity contribution is 14.1. The van der Waals surface area contributed by atoms with Gasteiger partial charge in [-0.25, -0.2) is 32.2 Å². The molecule has 0 atom stereocenters. The van der Waals surface area contributed by atoms with Crippen LogP contribution in [0.25, 0.3) is 11.1 Å². The van der Waals surface area contributed by atoms with Crippen molar-refractivity contribution in [3.63, 3.8) is 0 Å². The first kappa shape index (κ1) is 30.1. The summed E-state index contributed by atoms with van der Waals surface area (Å²) in [4.78, 5) is 12.8. The molecule has 0 aliphatic carbocycles. The average Bonchev–Trinajstić information content (AvgIpc) is 2.79. The Morgan fingerprint density at radius 3 is 1.92 bits per heavy atom. The standard InChI is InChI=1S/C23H24IN3O3S.ClHO4/c1-3-18-12-17(16-8-6-5-7-9-16)13-19(4-2)27(18)15-23(28)26-22-11-10-20(14-21(22)24)31(25,29)30;2-1(3,4)5/h5-14H,3-4,15H2,1-2H3,(H2-,25,26,28,29,30);(H,2,3,4,5). The number of pyridine rings is 1. The first-order valence-electron chi connectivity index (χ1n) is 10.6. The number of rotatable bonds is 7. The van der Waals surface area contributed by atoms with Crippen molar-refractivity contribution in [3.8, 4) is 11.1 Å². The molecule has 3 rings (SSSR count). The lowest BCUT2D eigenvalue weighted by Gasteiger charge is -2.17. The van der Waals surface area contributed by atoms with Gasteiger partial charge in [0.25, 0.3) is 5.91 Å². The molecule has 0 unspecified atom stereocenters. The molecule has 0 bridgehead atoms. The van der Waals surface area contributed by atoms with Gasteiger partial charge in [0.2, 0.25) is 16.6 Å². The molecule has 1 heterocycles. The van der Waals surface area contributed by atoms with Crippen LogP contribution in [0.3, 0.4) is 0 Å². The topological polar surface area (TPSA) is 185 Å². The number of amides is 1. The van der Waals surface area contributed by atoms with Crippen LogP contribution in [0, 0.1) is 13.8 Å². The van der Waals surface area contributed by atoms with E-state index in [2.05, 4.69) is 43.4 Å². The number of nitrogens with zero attached hydrogens (tertiary/aromatic N) is 1. The molecule has 3 N–H and O–H groups in total. The number of anilines is 1. The van der Waals surface area contributed by atoms with Crippen molar-refractivity contribution in [1.29, 1.82) is 0 Å². The number of hydrogen-bond acceptors (Lipinski definition) is 7. The van der Waals surface area contributed by atoms with E-state index in [1.807, 2.05) is 45.4 Å². The second kappa shape index (κ2) is 12.9. The minimum atomic E-state index is -4.94. The molecule has 0 radical (unpaired) electrons. The van der Waals surface area contributed by atoms with Crippen molar-refractivity contribution in [2.24, 2.45) is 5.14 Å². The number of nitrogens with two attached hydrogens (primary N) is 1. The van der Waals surface area contributed by atoms with E-state index in [0.717, 1.165) is 35.4 Å². The normalized spacial score (nSPS) is 11.4. The molecule has 0 aliphatic heterocycles. The van der Waals surface area contributed by atoms with Crippen molar-refractivity contribution in [1.82, 2.24) is 0 Å². The Morgan fingerprint density at radius 1 is 0.944 bits per heavy atom. The summed E-state index contributed by atoms with van der Waals surface area (Å²) in [6.45, 7) is 4.33. The third-order valence-corrected chi connectivity index (χ3v) is 6.82. The number of hydrogen-bond donors (Lipinski definition) is 2. The third-order valence-electron chi connectivity index (χ3n) is 5.01. The zero-order valence-electron chi connectivity index (χ0n) is 19.4. The SMILES string of the molecule is CCc1cc(-c2ccccc2)cc(CC)[n+]1CC(=O)Nc1ccc(S(N)(=O)=O)cc1I.[O-][Cl+3]([O-])([O-])[O-]. The first-order valence-corrected chi connectivity index (χ1v) is 14.4. The van der Waals surface area contributed by atoms with Crippen LogP contribution < -0.4 is 33.7 Å². The van der Waals surface area contributed by atoms with Gasteiger partial charge in [-0.15, -0.1) is 10.2 Å². The number of carbonyl (C=O) groups excluding carboxylic acids is 1. The quantitative estimate of drug-likeness (QED) is 0.240. The van der Waals surface area contributed by atoms with Crippen LogP contribution in [0.5, 0.6) is 0 Å². The van der Waals surface area contributed by atoms with Crippen LogP contribution in [-0.2, 0) is 34.2 Å². The largest absolute Gasteiger partial charge is 0.320 e. The Balaban J connectivity index is 0.000000830. The third kappa shape index (κ3) is 9.37. The number of aryl methyl sites for hydroxylation is 2. The average molecular weight is 650 g/mol. The minimum absolute atomic E-state index is 0.0160. The summed E-state index contributed by atoms with van der Waals surface area (Å²) in [6, 6.07) is 18.9. The Labute approximate surface area is 225 Å². The Morgan fingerprint density at radius 2 is 1.47 bits per heavy atom. The molecule has 0 spiro atoms. The van der Waals surface area contributed by atoms with Crippen molar-refractivity contribution in [2.45, 2.75) is 38.1 Å². The van der Waals surface area contributed by atoms with Gasteiger partial charge < -0.3 is 5.32 Å². The molecule has 0 saturated carbocycles. The fourth-order valence-electron chi connectivity index (χ4n) is 3.43. The van der Waals surface area contributed by atoms with Gasteiger partial charge in [0.05, 0.1) is 10.6 Å². The van der Waals surface area contributed by atoms with E-state index in [1.165, 1.54) is 12.1 Å². The summed E-state index contributed by atoms with van der Waals surface area (Å²) in [5.41, 5.74) is 4.99. The van der Waals surface area contributed by atoms with Gasteiger partial charge in [-0.1, -0.05) is 44.2 Å². The van der Waals surface area contributed by atoms with Crippen molar-refractivity contribution in [3.05, 3.63) is 75.6 Å². The molecule has 1 amide bonds. The van der Waals surface area contributed by atoms with Crippen LogP contribution >= 0.6 is 22.6 Å². The van der Waals surface area contributed by atoms with Gasteiger partial charge in [0, 0.05) is 28.5 Å². The van der Waals surface area contributed by atoms with E-state index in [-0.39, 0.29) is 17.3 Å². The van der Waals surface area contributed by atoms with E-state index < -0.39 is 20.3 Å². The van der Waals surface area contributed by atoms with Gasteiger partial charge in [-0.3, -0.25) is 4.79 Å². The summed E-state index contributed by atoms with van der Waals surface area (Å²) in [5.74, 6) is -0.178. The number of aromatic nitrogens is 1. The second-order valence-electron chi connectivity index (χ2n) is 7.50. The molecular weight excluding hydrogens is 625 g/mol. The molecule has 2 aromatic carbocycles. The molecule has 194 valence electrons.